The third-order valence-electron chi connectivity index (χ3n) is 7.16. The number of carbonyl (C=O) groups is 2. The smallest absolute Gasteiger partial charge is 0.321 e. The van der Waals surface area contributed by atoms with Crippen LogP contribution in [0, 0.1) is 19.8 Å². The fraction of sp³-hybridized carbons (Fsp3) is 0.414. The second-order valence-electron chi connectivity index (χ2n) is 10.0. The van der Waals surface area contributed by atoms with E-state index in [-0.39, 0.29) is 30.6 Å². The highest BCUT2D eigenvalue weighted by Crippen LogP contribution is 2.31. The number of aliphatic hydroxyl groups is 1. The van der Waals surface area contributed by atoms with E-state index in [1.54, 1.807) is 30.7 Å². The van der Waals surface area contributed by atoms with Gasteiger partial charge < -0.3 is 29.5 Å². The van der Waals surface area contributed by atoms with Crippen LogP contribution in [-0.2, 0) is 11.3 Å². The van der Waals surface area contributed by atoms with Crippen LogP contribution in [0.5, 0.6) is 0 Å². The molecule has 0 aliphatic carbocycles. The van der Waals surface area contributed by atoms with Crippen molar-refractivity contribution in [3.8, 4) is 11.1 Å². The number of fused-ring (bicyclic) bond motifs is 3. The second-order valence-corrected chi connectivity index (χ2v) is 10.0. The predicted octanol–water partition coefficient (Wildman–Crippen LogP) is 4.48. The van der Waals surface area contributed by atoms with E-state index in [2.05, 4.69) is 10.5 Å². The van der Waals surface area contributed by atoms with E-state index in [0.29, 0.717) is 42.4 Å². The fourth-order valence-electron chi connectivity index (χ4n) is 4.77. The van der Waals surface area contributed by atoms with Crippen LogP contribution in [0.3, 0.4) is 0 Å². The predicted molar refractivity (Wildman–Crippen MR) is 145 cm³/mol. The van der Waals surface area contributed by atoms with Crippen molar-refractivity contribution in [2.75, 3.05) is 32.1 Å². The highest BCUT2D eigenvalue weighted by molar-refractivity contribution is 6.01. The molecular formula is C29H36N4O5. The molecular weight excluding hydrogens is 484 g/mol. The van der Waals surface area contributed by atoms with Crippen LogP contribution in [-0.4, -0.2) is 70.9 Å². The molecule has 9 heteroatoms. The van der Waals surface area contributed by atoms with Gasteiger partial charge in [0, 0.05) is 31.6 Å². The normalized spacial score (nSPS) is 18.7. The summed E-state index contributed by atoms with van der Waals surface area (Å²) >= 11 is 0. The summed E-state index contributed by atoms with van der Waals surface area (Å²) in [7, 11) is 1.71. The average molecular weight is 521 g/mol. The lowest BCUT2D eigenvalue weighted by molar-refractivity contribution is -0.0178. The number of hydrogen-bond acceptors (Lipinski definition) is 6. The second kappa shape index (κ2) is 11.8. The van der Waals surface area contributed by atoms with E-state index in [4.69, 9.17) is 9.26 Å². The van der Waals surface area contributed by atoms with Crippen molar-refractivity contribution in [1.82, 2.24) is 15.0 Å². The lowest BCUT2D eigenvalue weighted by Crippen LogP contribution is -2.48. The number of aryl methyl sites for hydroxylation is 2. The molecule has 9 nitrogen and oxygen atoms in total. The quantitative estimate of drug-likeness (QED) is 0.514. The number of benzene rings is 2. The van der Waals surface area contributed by atoms with Gasteiger partial charge in [-0.2, -0.15) is 0 Å². The number of aliphatic hydroxyl groups excluding tert-OH is 1. The van der Waals surface area contributed by atoms with E-state index in [1.165, 1.54) is 0 Å². The van der Waals surface area contributed by atoms with Crippen molar-refractivity contribution < 1.29 is 24.0 Å². The molecule has 38 heavy (non-hydrogen) atoms. The fourth-order valence-corrected chi connectivity index (χ4v) is 4.77. The monoisotopic (exact) mass is 520 g/mol. The Balaban J connectivity index is 1.66. The minimum Gasteiger partial charge on any atom is -0.394 e. The minimum absolute atomic E-state index is 0.139. The Labute approximate surface area is 223 Å². The molecule has 3 aromatic rings. The third-order valence-corrected chi connectivity index (χ3v) is 7.16. The Morgan fingerprint density at radius 3 is 2.47 bits per heavy atom. The van der Waals surface area contributed by atoms with Crippen LogP contribution < -0.4 is 5.32 Å². The maximum absolute atomic E-state index is 13.9. The molecule has 0 spiro atoms. The summed E-state index contributed by atoms with van der Waals surface area (Å²) in [5, 5.41) is 16.8. The van der Waals surface area contributed by atoms with Crippen molar-refractivity contribution in [2.24, 2.45) is 5.92 Å². The number of ether oxygens (including phenoxy) is 1. The molecule has 202 valence electrons. The van der Waals surface area contributed by atoms with Gasteiger partial charge in [0.05, 0.1) is 25.4 Å². The number of urea groups is 1. The van der Waals surface area contributed by atoms with Crippen LogP contribution in [0.2, 0.25) is 0 Å². The molecule has 0 bridgehead atoms. The maximum Gasteiger partial charge on any atom is 0.321 e. The molecule has 2 aromatic carbocycles. The summed E-state index contributed by atoms with van der Waals surface area (Å²) < 4.78 is 11.6. The van der Waals surface area contributed by atoms with Gasteiger partial charge in [-0.15, -0.1) is 0 Å². The first-order chi connectivity index (χ1) is 18.2. The van der Waals surface area contributed by atoms with Crippen LogP contribution in [0.4, 0.5) is 10.5 Å². The van der Waals surface area contributed by atoms with Crippen molar-refractivity contribution in [2.45, 2.75) is 46.4 Å². The number of rotatable bonds is 5. The van der Waals surface area contributed by atoms with Gasteiger partial charge in [-0.3, -0.25) is 4.79 Å². The molecule has 1 aliphatic heterocycles. The van der Waals surface area contributed by atoms with E-state index in [0.717, 1.165) is 16.7 Å². The topological polar surface area (TPSA) is 108 Å². The first-order valence-corrected chi connectivity index (χ1v) is 12.9. The van der Waals surface area contributed by atoms with Crippen LogP contribution >= 0.6 is 0 Å². The lowest BCUT2D eigenvalue weighted by Gasteiger charge is -2.35. The number of carbonyl (C=O) groups excluding carboxylic acids is 2. The maximum atomic E-state index is 13.9. The average Bonchev–Trinajstić information content (AvgIpc) is 3.24. The van der Waals surface area contributed by atoms with Gasteiger partial charge >= 0.3 is 6.03 Å². The molecule has 3 atom stereocenters. The standard InChI is InChI=1S/C29H36N4O5/c1-18-14-33(19(2)16-34)28(35)25-13-9-8-12-24(25)23-11-7-6-10-22(23)17-37-26(18)15-32(5)29(36)30-27-20(3)31-38-21(27)4/h6-13,18-19,26,34H,14-17H2,1-5H3,(H,30,36)/t18-,19-,26-/m0/s1. The number of nitrogens with one attached hydrogen (secondary N) is 1. The molecule has 3 amide bonds. The Morgan fingerprint density at radius 1 is 1.16 bits per heavy atom. The molecule has 0 saturated carbocycles. The summed E-state index contributed by atoms with van der Waals surface area (Å²) in [5.41, 5.74) is 4.45. The minimum atomic E-state index is -0.393. The Hall–Kier alpha value is -3.69. The molecule has 0 radical (unpaired) electrons. The molecule has 1 aromatic heterocycles. The molecule has 1 aliphatic rings. The van der Waals surface area contributed by atoms with Crippen LogP contribution in [0.25, 0.3) is 11.1 Å². The van der Waals surface area contributed by atoms with E-state index in [1.807, 2.05) is 62.4 Å². The number of nitrogens with zero attached hydrogens (tertiary/aromatic N) is 3. The van der Waals surface area contributed by atoms with Gasteiger partial charge in [0.2, 0.25) is 0 Å². The first-order valence-electron chi connectivity index (χ1n) is 12.9. The van der Waals surface area contributed by atoms with Gasteiger partial charge in [0.25, 0.3) is 5.91 Å². The highest BCUT2D eigenvalue weighted by atomic mass is 16.5. The van der Waals surface area contributed by atoms with E-state index >= 15 is 0 Å². The molecule has 0 saturated heterocycles. The lowest BCUT2D eigenvalue weighted by atomic mass is 9.94. The SMILES string of the molecule is Cc1noc(C)c1NC(=O)N(C)C[C@@H]1OCc2ccccc2-c2ccccc2C(=O)N([C@@H](C)CO)C[C@@H]1C. The van der Waals surface area contributed by atoms with E-state index in [9.17, 15) is 14.7 Å². The molecule has 0 fully saturated rings. The van der Waals surface area contributed by atoms with Crippen molar-refractivity contribution in [1.29, 1.82) is 0 Å². The van der Waals surface area contributed by atoms with Crippen LogP contribution in [0.15, 0.2) is 53.1 Å². The molecule has 0 unspecified atom stereocenters. The zero-order chi connectivity index (χ0) is 27.4. The zero-order valence-corrected chi connectivity index (χ0v) is 22.6. The van der Waals surface area contributed by atoms with Gasteiger partial charge in [-0.1, -0.05) is 54.5 Å². The van der Waals surface area contributed by atoms with Gasteiger partial charge in [0.15, 0.2) is 5.76 Å². The number of anilines is 1. The van der Waals surface area contributed by atoms with Crippen molar-refractivity contribution in [3.63, 3.8) is 0 Å². The third kappa shape index (κ3) is 5.74. The van der Waals surface area contributed by atoms with Gasteiger partial charge in [-0.05, 0) is 43.5 Å². The number of hydrogen-bond donors (Lipinski definition) is 2. The summed E-state index contributed by atoms with van der Waals surface area (Å²) in [6, 6.07) is 14.7. The molecule has 2 heterocycles. The number of likely N-dealkylation sites (N-methyl/N-ethyl adjacent to an activating group) is 1. The Kier molecular flexibility index (Phi) is 8.48. The summed E-state index contributed by atoms with van der Waals surface area (Å²) in [6.07, 6.45) is -0.383. The number of amides is 3. The Bertz CT molecular complexity index is 1270. The zero-order valence-electron chi connectivity index (χ0n) is 22.6. The van der Waals surface area contributed by atoms with Crippen molar-refractivity contribution >= 4 is 17.6 Å². The Morgan fingerprint density at radius 2 is 1.82 bits per heavy atom. The molecule has 2 N–H and O–H groups in total. The summed E-state index contributed by atoms with van der Waals surface area (Å²) in [6.45, 7) is 8.16. The summed E-state index contributed by atoms with van der Waals surface area (Å²) in [4.78, 5) is 30.2. The van der Waals surface area contributed by atoms with Gasteiger partial charge in [0.1, 0.15) is 11.4 Å². The summed E-state index contributed by atoms with van der Waals surface area (Å²) in [5.74, 6) is 0.251. The van der Waals surface area contributed by atoms with Crippen LogP contribution in [0.1, 0.15) is 41.2 Å². The molecule has 4 rings (SSSR count). The highest BCUT2D eigenvalue weighted by Gasteiger charge is 2.31. The van der Waals surface area contributed by atoms with Crippen molar-refractivity contribution in [3.05, 3.63) is 71.1 Å². The first kappa shape index (κ1) is 27.3. The largest absolute Gasteiger partial charge is 0.394 e. The van der Waals surface area contributed by atoms with E-state index < -0.39 is 6.04 Å². The van der Waals surface area contributed by atoms with Gasteiger partial charge in [-0.25, -0.2) is 4.79 Å². The number of aromatic nitrogens is 1.